The second kappa shape index (κ2) is 21.9. The van der Waals surface area contributed by atoms with E-state index < -0.39 is 36.9 Å². The molecule has 6 nitrogen and oxygen atoms in total. The number of carbonyl (C=O) groups is 1. The van der Waals surface area contributed by atoms with E-state index in [4.69, 9.17) is 0 Å². The molecule has 1 amide bonds. The van der Waals surface area contributed by atoms with Crippen LogP contribution in [0.4, 0.5) is 0 Å². The summed E-state index contributed by atoms with van der Waals surface area (Å²) in [6.45, 7) is 3.84. The van der Waals surface area contributed by atoms with Crippen LogP contribution in [0, 0.1) is 0 Å². The van der Waals surface area contributed by atoms with Crippen molar-refractivity contribution in [3.63, 3.8) is 0 Å². The van der Waals surface area contributed by atoms with Gasteiger partial charge in [-0.15, -0.1) is 0 Å². The molecule has 0 aliphatic carbocycles. The van der Waals surface area contributed by atoms with E-state index >= 15 is 0 Å². The lowest BCUT2D eigenvalue weighted by Gasteiger charge is -2.27. The highest BCUT2D eigenvalue weighted by Crippen LogP contribution is 2.12. The normalized spacial score (nSPS) is 15.6. The summed E-state index contributed by atoms with van der Waals surface area (Å²) < 4.78 is 0. The molecule has 0 fully saturated rings. The van der Waals surface area contributed by atoms with Crippen molar-refractivity contribution in [1.29, 1.82) is 0 Å². The Hall–Kier alpha value is -0.950. The Morgan fingerprint density at radius 2 is 1.25 bits per heavy atom. The van der Waals surface area contributed by atoms with Crippen LogP contribution in [0.1, 0.15) is 117 Å². The summed E-state index contributed by atoms with van der Waals surface area (Å²) in [5.41, 5.74) is 0. The predicted molar refractivity (Wildman–Crippen MR) is 131 cm³/mol. The maximum atomic E-state index is 12.2. The molecule has 190 valence electrons. The smallest absolute Gasteiger partial charge is 0.249 e. The van der Waals surface area contributed by atoms with Crippen molar-refractivity contribution in [1.82, 2.24) is 5.32 Å². The first-order chi connectivity index (χ1) is 15.5. The van der Waals surface area contributed by atoms with Crippen LogP contribution in [0.15, 0.2) is 12.2 Å². The molecule has 0 spiro atoms. The number of rotatable bonds is 22. The van der Waals surface area contributed by atoms with Crippen LogP contribution in [0.5, 0.6) is 0 Å². The summed E-state index contributed by atoms with van der Waals surface area (Å²) in [5, 5.41) is 42.4. The zero-order valence-electron chi connectivity index (χ0n) is 20.7. The molecule has 0 radical (unpaired) electrons. The molecule has 0 aliphatic rings. The van der Waals surface area contributed by atoms with E-state index in [0.717, 1.165) is 51.4 Å². The van der Waals surface area contributed by atoms with Gasteiger partial charge in [0.05, 0.1) is 18.8 Å². The topological polar surface area (TPSA) is 110 Å². The van der Waals surface area contributed by atoms with Crippen LogP contribution < -0.4 is 5.32 Å². The lowest BCUT2D eigenvalue weighted by Crippen LogP contribution is -2.53. The van der Waals surface area contributed by atoms with E-state index in [0.29, 0.717) is 12.8 Å². The number of hydrogen-bond acceptors (Lipinski definition) is 5. The number of nitrogens with one attached hydrogen (secondary N) is 1. The predicted octanol–water partition coefficient (Wildman–Crippen LogP) is 4.38. The van der Waals surface area contributed by atoms with Crippen molar-refractivity contribution in [2.75, 3.05) is 6.61 Å². The van der Waals surface area contributed by atoms with E-state index in [-0.39, 0.29) is 0 Å². The molecule has 4 unspecified atom stereocenters. The minimum atomic E-state index is -1.26. The molecule has 32 heavy (non-hydrogen) atoms. The molecule has 0 aliphatic heterocycles. The van der Waals surface area contributed by atoms with Crippen molar-refractivity contribution in [3.8, 4) is 0 Å². The number of carbonyl (C=O) groups excluding carboxylic acids is 1. The second-order valence-corrected chi connectivity index (χ2v) is 9.03. The molecular formula is C26H51NO5. The molecular weight excluding hydrogens is 406 g/mol. The van der Waals surface area contributed by atoms with Crippen LogP contribution in [0.2, 0.25) is 0 Å². The SMILES string of the molecule is CCCCCCCC/C=C\CCCCC(O)C(=O)NC(CO)C(O)C(O)CCCCCC. The Labute approximate surface area is 196 Å². The molecule has 6 heteroatoms. The Bertz CT molecular complexity index is 457. The minimum Gasteiger partial charge on any atom is -0.394 e. The van der Waals surface area contributed by atoms with Crippen LogP contribution in [-0.4, -0.2) is 57.3 Å². The molecule has 0 aromatic carbocycles. The first-order valence-corrected chi connectivity index (χ1v) is 13.1. The van der Waals surface area contributed by atoms with E-state index in [1.807, 2.05) is 0 Å². The average molecular weight is 458 g/mol. The van der Waals surface area contributed by atoms with Gasteiger partial charge in [0.25, 0.3) is 0 Å². The molecule has 0 rings (SSSR count). The van der Waals surface area contributed by atoms with Crippen molar-refractivity contribution in [2.24, 2.45) is 0 Å². The minimum absolute atomic E-state index is 0.338. The van der Waals surface area contributed by atoms with Gasteiger partial charge in [0.15, 0.2) is 0 Å². The Kier molecular flexibility index (Phi) is 21.2. The average Bonchev–Trinajstić information content (AvgIpc) is 2.80. The van der Waals surface area contributed by atoms with Gasteiger partial charge in [0, 0.05) is 0 Å². The number of aliphatic hydroxyl groups excluding tert-OH is 4. The van der Waals surface area contributed by atoms with Gasteiger partial charge in [0.2, 0.25) is 5.91 Å². The number of allylic oxidation sites excluding steroid dienone is 2. The Morgan fingerprint density at radius 3 is 1.84 bits per heavy atom. The molecule has 0 saturated heterocycles. The maximum Gasteiger partial charge on any atom is 0.249 e. The van der Waals surface area contributed by atoms with Gasteiger partial charge in [0.1, 0.15) is 12.2 Å². The van der Waals surface area contributed by atoms with Crippen LogP contribution in [0.3, 0.4) is 0 Å². The largest absolute Gasteiger partial charge is 0.394 e. The number of unbranched alkanes of at least 4 members (excludes halogenated alkanes) is 11. The van der Waals surface area contributed by atoms with Crippen molar-refractivity contribution in [2.45, 2.75) is 141 Å². The van der Waals surface area contributed by atoms with Gasteiger partial charge < -0.3 is 25.7 Å². The fourth-order valence-corrected chi connectivity index (χ4v) is 3.75. The third-order valence-corrected chi connectivity index (χ3v) is 5.98. The van der Waals surface area contributed by atoms with Gasteiger partial charge in [-0.2, -0.15) is 0 Å². The fourth-order valence-electron chi connectivity index (χ4n) is 3.75. The van der Waals surface area contributed by atoms with E-state index in [1.165, 1.54) is 38.5 Å². The van der Waals surface area contributed by atoms with Crippen molar-refractivity contribution in [3.05, 3.63) is 12.2 Å². The molecule has 0 heterocycles. The quantitative estimate of drug-likeness (QED) is 0.122. The summed E-state index contributed by atoms with van der Waals surface area (Å²) >= 11 is 0. The van der Waals surface area contributed by atoms with Crippen molar-refractivity contribution < 1.29 is 25.2 Å². The first-order valence-electron chi connectivity index (χ1n) is 13.1. The standard InChI is InChI=1S/C26H51NO5/c1-3-5-7-9-10-11-12-13-14-15-16-18-20-24(30)26(32)27-22(21-28)25(31)23(29)19-17-8-6-4-2/h13-14,22-25,28-31H,3-12,15-21H2,1-2H3,(H,27,32)/b14-13-. The summed E-state index contributed by atoms with van der Waals surface area (Å²) in [6.07, 6.45) is 17.1. The first kappa shape index (κ1) is 31.0. The van der Waals surface area contributed by atoms with E-state index in [9.17, 15) is 25.2 Å². The highest BCUT2D eigenvalue weighted by molar-refractivity contribution is 5.80. The van der Waals surface area contributed by atoms with Gasteiger partial charge in [-0.3, -0.25) is 4.79 Å². The summed E-state index contributed by atoms with van der Waals surface area (Å²) in [4.78, 5) is 12.2. The third kappa shape index (κ3) is 16.7. The highest BCUT2D eigenvalue weighted by Gasteiger charge is 2.28. The van der Waals surface area contributed by atoms with E-state index in [1.54, 1.807) is 0 Å². The molecule has 4 atom stereocenters. The monoisotopic (exact) mass is 457 g/mol. The van der Waals surface area contributed by atoms with E-state index in [2.05, 4.69) is 31.3 Å². The lowest BCUT2D eigenvalue weighted by molar-refractivity contribution is -0.132. The van der Waals surface area contributed by atoms with Crippen LogP contribution >= 0.6 is 0 Å². The summed E-state index contributed by atoms with van der Waals surface area (Å²) in [5.74, 6) is -0.611. The molecule has 0 aromatic heterocycles. The van der Waals surface area contributed by atoms with Crippen molar-refractivity contribution >= 4 is 5.91 Å². The highest BCUT2D eigenvalue weighted by atomic mass is 16.3. The van der Waals surface area contributed by atoms with Gasteiger partial charge >= 0.3 is 0 Å². The van der Waals surface area contributed by atoms with Gasteiger partial charge in [-0.05, 0) is 38.5 Å². The number of aliphatic hydroxyl groups is 4. The van der Waals surface area contributed by atoms with Crippen LogP contribution in [0.25, 0.3) is 0 Å². The summed E-state index contributed by atoms with van der Waals surface area (Å²) in [6, 6.07) is -0.983. The molecule has 0 saturated carbocycles. The number of hydrogen-bond donors (Lipinski definition) is 5. The second-order valence-electron chi connectivity index (χ2n) is 9.03. The third-order valence-electron chi connectivity index (χ3n) is 5.98. The lowest BCUT2D eigenvalue weighted by atomic mass is 9.99. The van der Waals surface area contributed by atoms with Gasteiger partial charge in [-0.1, -0.05) is 90.2 Å². The Morgan fingerprint density at radius 1 is 0.750 bits per heavy atom. The maximum absolute atomic E-state index is 12.2. The van der Waals surface area contributed by atoms with Gasteiger partial charge in [-0.25, -0.2) is 0 Å². The van der Waals surface area contributed by atoms with Crippen LogP contribution in [-0.2, 0) is 4.79 Å². The fraction of sp³-hybridized carbons (Fsp3) is 0.885. The molecule has 5 N–H and O–H groups in total. The number of amides is 1. The molecule has 0 bridgehead atoms. The molecule has 0 aromatic rings. The summed E-state index contributed by atoms with van der Waals surface area (Å²) in [7, 11) is 0. The Balaban J connectivity index is 3.97. The zero-order valence-corrected chi connectivity index (χ0v) is 20.7. The zero-order chi connectivity index (χ0) is 24.0.